The van der Waals surface area contributed by atoms with Gasteiger partial charge in [0.2, 0.25) is 5.43 Å². The van der Waals surface area contributed by atoms with Gasteiger partial charge in [-0.2, -0.15) is 13.2 Å². The number of hydrogen-bond acceptors (Lipinski definition) is 4. The first-order valence-electron chi connectivity index (χ1n) is 8.89. The van der Waals surface area contributed by atoms with Crippen LogP contribution in [-0.2, 0) is 12.7 Å². The lowest BCUT2D eigenvalue weighted by molar-refractivity contribution is -0.137. The van der Waals surface area contributed by atoms with Gasteiger partial charge in [-0.25, -0.2) is 13.9 Å². The first-order chi connectivity index (χ1) is 15.0. The normalized spacial score (nSPS) is 11.8. The molecule has 2 aromatic heterocycles. The van der Waals surface area contributed by atoms with Crippen molar-refractivity contribution in [2.75, 3.05) is 0 Å². The molecule has 164 valence electrons. The molecule has 0 radical (unpaired) electrons. The lowest BCUT2D eigenvalue weighted by Crippen LogP contribution is -2.19. The highest BCUT2D eigenvalue weighted by Gasteiger charge is 2.30. The van der Waals surface area contributed by atoms with Crippen LogP contribution in [-0.4, -0.2) is 30.6 Å². The lowest BCUT2D eigenvalue weighted by atomic mass is 10.1. The van der Waals surface area contributed by atoms with Gasteiger partial charge >= 0.3 is 12.1 Å². The zero-order valence-corrected chi connectivity index (χ0v) is 16.5. The van der Waals surface area contributed by atoms with E-state index in [-0.39, 0.29) is 33.9 Å². The summed E-state index contributed by atoms with van der Waals surface area (Å²) in [5.41, 5.74) is -1.83. The van der Waals surface area contributed by atoms with E-state index >= 15 is 0 Å². The number of carboxylic acids is 1. The summed E-state index contributed by atoms with van der Waals surface area (Å²) in [4.78, 5) is 23.9. The fourth-order valence-corrected chi connectivity index (χ4v) is 3.32. The van der Waals surface area contributed by atoms with Crippen molar-refractivity contribution < 1.29 is 27.5 Å². The van der Waals surface area contributed by atoms with Gasteiger partial charge in [-0.15, -0.1) is 5.10 Å². The quantitative estimate of drug-likeness (QED) is 0.457. The minimum atomic E-state index is -4.53. The van der Waals surface area contributed by atoms with E-state index < -0.39 is 34.5 Å². The van der Waals surface area contributed by atoms with Crippen molar-refractivity contribution in [2.24, 2.45) is 0 Å². The summed E-state index contributed by atoms with van der Waals surface area (Å²) in [5.74, 6) is -2.39. The van der Waals surface area contributed by atoms with Crippen LogP contribution in [0.2, 0.25) is 5.02 Å². The second kappa shape index (κ2) is 7.75. The number of pyridine rings is 1. The topological polar surface area (TPSA) is 90.0 Å². The number of carbonyl (C=O) groups is 1. The average Bonchev–Trinajstić information content (AvgIpc) is 3.19. The molecule has 0 bridgehead atoms. The molecule has 12 heteroatoms. The summed E-state index contributed by atoms with van der Waals surface area (Å²) in [6.07, 6.45) is -2.12. The molecule has 7 nitrogen and oxygen atoms in total. The highest BCUT2D eigenvalue weighted by Crippen LogP contribution is 2.30. The second-order valence-electron chi connectivity index (χ2n) is 6.79. The Balaban J connectivity index is 1.78. The molecule has 4 rings (SSSR count). The Labute approximate surface area is 181 Å². The summed E-state index contributed by atoms with van der Waals surface area (Å²) < 4.78 is 55.2. The van der Waals surface area contributed by atoms with Crippen molar-refractivity contribution in [3.8, 4) is 5.69 Å². The summed E-state index contributed by atoms with van der Waals surface area (Å²) >= 11 is 5.82. The zero-order valence-electron chi connectivity index (χ0n) is 15.8. The van der Waals surface area contributed by atoms with Crippen LogP contribution in [0.25, 0.3) is 16.6 Å². The van der Waals surface area contributed by atoms with Crippen LogP contribution < -0.4 is 5.43 Å². The monoisotopic (exact) mass is 466 g/mol. The zero-order chi connectivity index (χ0) is 23.2. The maximum Gasteiger partial charge on any atom is 0.416 e. The van der Waals surface area contributed by atoms with Crippen LogP contribution in [0.4, 0.5) is 17.6 Å². The van der Waals surface area contributed by atoms with Crippen LogP contribution in [0, 0.1) is 5.82 Å². The Bertz CT molecular complexity index is 1430. The van der Waals surface area contributed by atoms with E-state index in [0.29, 0.717) is 0 Å². The van der Waals surface area contributed by atoms with E-state index in [4.69, 9.17) is 11.6 Å². The molecule has 32 heavy (non-hydrogen) atoms. The molecule has 0 amide bonds. The van der Waals surface area contributed by atoms with Gasteiger partial charge < -0.3 is 9.67 Å². The SMILES string of the molecule is O=C(O)c1cn(Cc2cn(-c3cccc(C(F)(F)F)c3)nn2)c2cc(Cl)c(F)cc2c1=O. The summed E-state index contributed by atoms with van der Waals surface area (Å²) in [7, 11) is 0. The molecular weight excluding hydrogens is 456 g/mol. The van der Waals surface area contributed by atoms with Crippen LogP contribution in [0.3, 0.4) is 0 Å². The predicted octanol–water partition coefficient (Wildman–Crippen LogP) is 4.14. The van der Waals surface area contributed by atoms with E-state index in [0.717, 1.165) is 29.1 Å². The number of hydrogen-bond donors (Lipinski definition) is 1. The minimum absolute atomic E-state index is 0.111. The van der Waals surface area contributed by atoms with Crippen molar-refractivity contribution in [1.82, 2.24) is 19.6 Å². The fraction of sp³-hybridized carbons (Fsp3) is 0.100. The van der Waals surface area contributed by atoms with Gasteiger partial charge in [-0.1, -0.05) is 22.9 Å². The third kappa shape index (κ3) is 3.94. The number of carboxylic acid groups (broad SMARTS) is 1. The molecule has 1 N–H and O–H groups in total. The van der Waals surface area contributed by atoms with Crippen molar-refractivity contribution in [3.05, 3.63) is 86.7 Å². The Morgan fingerprint density at radius 2 is 1.91 bits per heavy atom. The molecule has 4 aromatic rings. The van der Waals surface area contributed by atoms with Crippen LogP contribution in [0.15, 0.2) is 53.6 Å². The maximum absolute atomic E-state index is 13.9. The highest BCUT2D eigenvalue weighted by molar-refractivity contribution is 6.31. The molecule has 0 saturated heterocycles. The van der Waals surface area contributed by atoms with Gasteiger partial charge in [0.1, 0.15) is 17.1 Å². The van der Waals surface area contributed by atoms with E-state index in [1.165, 1.54) is 29.0 Å². The Kier molecular flexibility index (Phi) is 5.21. The molecule has 0 unspecified atom stereocenters. The number of rotatable bonds is 4. The summed E-state index contributed by atoms with van der Waals surface area (Å²) in [6, 6.07) is 6.49. The molecular formula is C20H11ClF4N4O3. The van der Waals surface area contributed by atoms with Crippen molar-refractivity contribution in [2.45, 2.75) is 12.7 Å². The number of benzene rings is 2. The molecule has 0 atom stereocenters. The standard InChI is InChI=1S/C20H11ClF4N4O3/c21-15-6-17-13(5-16(15)22)18(30)14(19(31)32)9-28(17)7-11-8-29(27-26-11)12-3-1-2-10(4-12)20(23,24)25/h1-6,8-9H,7H2,(H,31,32). The summed E-state index contributed by atoms with van der Waals surface area (Å²) in [6.45, 7) is -0.113. The molecule has 0 aliphatic carbocycles. The molecule has 0 fully saturated rings. The van der Waals surface area contributed by atoms with E-state index in [9.17, 15) is 32.3 Å². The Morgan fingerprint density at radius 3 is 2.59 bits per heavy atom. The number of nitrogens with zero attached hydrogens (tertiary/aromatic N) is 4. The maximum atomic E-state index is 13.9. The minimum Gasteiger partial charge on any atom is -0.477 e. The number of aromatic nitrogens is 4. The van der Waals surface area contributed by atoms with Gasteiger partial charge in [0.05, 0.1) is 34.5 Å². The van der Waals surface area contributed by atoms with Crippen LogP contribution in [0.5, 0.6) is 0 Å². The first-order valence-corrected chi connectivity index (χ1v) is 9.27. The molecule has 0 saturated carbocycles. The van der Waals surface area contributed by atoms with Gasteiger partial charge in [-0.05, 0) is 30.3 Å². The average molecular weight is 467 g/mol. The number of alkyl halides is 3. The number of halogens is 5. The van der Waals surface area contributed by atoms with Gasteiger partial charge in [0.15, 0.2) is 0 Å². The molecule has 0 aliphatic rings. The fourth-order valence-electron chi connectivity index (χ4n) is 3.16. The molecule has 2 heterocycles. The second-order valence-corrected chi connectivity index (χ2v) is 7.20. The van der Waals surface area contributed by atoms with Crippen molar-refractivity contribution >= 4 is 28.5 Å². The highest BCUT2D eigenvalue weighted by atomic mass is 35.5. The molecule has 2 aromatic carbocycles. The number of aromatic carboxylic acids is 1. The molecule has 0 spiro atoms. The van der Waals surface area contributed by atoms with Crippen molar-refractivity contribution in [1.29, 1.82) is 0 Å². The number of fused-ring (bicyclic) bond motifs is 1. The van der Waals surface area contributed by atoms with E-state index in [1.54, 1.807) is 0 Å². The smallest absolute Gasteiger partial charge is 0.416 e. The largest absolute Gasteiger partial charge is 0.477 e. The van der Waals surface area contributed by atoms with Crippen LogP contribution in [0.1, 0.15) is 21.6 Å². The predicted molar refractivity (Wildman–Crippen MR) is 106 cm³/mol. The molecule has 0 aliphatic heterocycles. The van der Waals surface area contributed by atoms with E-state index in [1.807, 2.05) is 0 Å². The van der Waals surface area contributed by atoms with Gasteiger partial charge in [-0.3, -0.25) is 4.79 Å². The summed E-state index contributed by atoms with van der Waals surface area (Å²) in [5, 5.41) is 16.6. The Morgan fingerprint density at radius 1 is 1.16 bits per heavy atom. The lowest BCUT2D eigenvalue weighted by Gasteiger charge is -2.11. The third-order valence-corrected chi connectivity index (χ3v) is 4.95. The third-order valence-electron chi connectivity index (χ3n) is 4.66. The van der Waals surface area contributed by atoms with Crippen LogP contribution >= 0.6 is 11.6 Å². The first kappa shape index (κ1) is 21.5. The van der Waals surface area contributed by atoms with Gasteiger partial charge in [0, 0.05) is 11.6 Å². The van der Waals surface area contributed by atoms with Crippen molar-refractivity contribution in [3.63, 3.8) is 0 Å². The van der Waals surface area contributed by atoms with E-state index in [2.05, 4.69) is 10.3 Å². The van der Waals surface area contributed by atoms with Gasteiger partial charge in [0.25, 0.3) is 0 Å². The Hall–Kier alpha value is -3.73.